The molecule has 4 nitrogen and oxygen atoms in total. The van der Waals surface area contributed by atoms with Crippen LogP contribution < -0.4 is 5.32 Å². The maximum atomic E-state index is 4.61. The summed E-state index contributed by atoms with van der Waals surface area (Å²) in [6.45, 7) is 4.89. The predicted octanol–water partition coefficient (Wildman–Crippen LogP) is 2.69. The lowest BCUT2D eigenvalue weighted by Crippen LogP contribution is -2.07. The number of hydrogen-bond donors (Lipinski definition) is 1. The Balaban J connectivity index is 1.99. The normalized spacial score (nSPS) is 17.3. The molecule has 0 amide bonds. The molecule has 0 saturated heterocycles. The zero-order valence-electron chi connectivity index (χ0n) is 11.3. The lowest BCUT2D eigenvalue weighted by atomic mass is 10.0. The summed E-state index contributed by atoms with van der Waals surface area (Å²) in [6, 6.07) is 6.24. The fourth-order valence-electron chi connectivity index (χ4n) is 2.74. The second-order valence-electron chi connectivity index (χ2n) is 4.89. The van der Waals surface area contributed by atoms with Gasteiger partial charge in [0.2, 0.25) is 0 Å². The van der Waals surface area contributed by atoms with Gasteiger partial charge in [0.15, 0.2) is 0 Å². The van der Waals surface area contributed by atoms with Gasteiger partial charge in [-0.1, -0.05) is 6.07 Å². The van der Waals surface area contributed by atoms with Crippen molar-refractivity contribution in [3.63, 3.8) is 0 Å². The van der Waals surface area contributed by atoms with Crippen LogP contribution in [0.1, 0.15) is 42.0 Å². The highest BCUT2D eigenvalue weighted by atomic mass is 15.0. The zero-order valence-corrected chi connectivity index (χ0v) is 11.3. The third-order valence-electron chi connectivity index (χ3n) is 3.53. The molecule has 0 saturated carbocycles. The average molecular weight is 254 g/mol. The van der Waals surface area contributed by atoms with Gasteiger partial charge in [-0.15, -0.1) is 0 Å². The molecule has 0 bridgehead atoms. The summed E-state index contributed by atoms with van der Waals surface area (Å²) in [6.07, 6.45) is 4.05. The van der Waals surface area contributed by atoms with Crippen LogP contribution in [0.2, 0.25) is 0 Å². The minimum absolute atomic E-state index is 0.315. The minimum atomic E-state index is 0.315. The molecule has 1 unspecified atom stereocenters. The number of aromatic nitrogens is 3. The molecule has 19 heavy (non-hydrogen) atoms. The molecule has 0 radical (unpaired) electrons. The SMILES string of the molecule is CCNc1cc(C2CCc3cccnc32)nc(C)n1. The van der Waals surface area contributed by atoms with Crippen molar-refractivity contribution in [1.82, 2.24) is 15.0 Å². The van der Waals surface area contributed by atoms with Gasteiger partial charge in [0.1, 0.15) is 11.6 Å². The van der Waals surface area contributed by atoms with E-state index in [-0.39, 0.29) is 0 Å². The number of fused-ring (bicyclic) bond motifs is 1. The van der Waals surface area contributed by atoms with E-state index in [0.29, 0.717) is 5.92 Å². The first kappa shape index (κ1) is 12.1. The molecule has 1 N–H and O–H groups in total. The van der Waals surface area contributed by atoms with Crippen molar-refractivity contribution in [3.8, 4) is 0 Å². The van der Waals surface area contributed by atoms with Crippen LogP contribution in [0.3, 0.4) is 0 Å². The molecular formula is C15H18N4. The Bertz CT molecular complexity index is 594. The second kappa shape index (κ2) is 4.96. The Kier molecular flexibility index (Phi) is 3.15. The minimum Gasteiger partial charge on any atom is -0.370 e. The maximum absolute atomic E-state index is 4.61. The average Bonchev–Trinajstić information content (AvgIpc) is 2.82. The number of rotatable bonds is 3. The van der Waals surface area contributed by atoms with Gasteiger partial charge in [-0.05, 0) is 38.3 Å². The van der Waals surface area contributed by atoms with Crippen LogP contribution in [-0.2, 0) is 6.42 Å². The highest BCUT2D eigenvalue weighted by Crippen LogP contribution is 2.36. The van der Waals surface area contributed by atoms with E-state index >= 15 is 0 Å². The summed E-state index contributed by atoms with van der Waals surface area (Å²) >= 11 is 0. The number of anilines is 1. The van der Waals surface area contributed by atoms with Gasteiger partial charge in [0.05, 0.1) is 11.4 Å². The van der Waals surface area contributed by atoms with Crippen molar-refractivity contribution in [3.05, 3.63) is 47.2 Å². The van der Waals surface area contributed by atoms with Crippen molar-refractivity contribution in [2.45, 2.75) is 32.6 Å². The lowest BCUT2D eigenvalue weighted by Gasteiger charge is -2.12. The van der Waals surface area contributed by atoms with E-state index in [1.54, 1.807) is 0 Å². The first-order valence-electron chi connectivity index (χ1n) is 6.81. The standard InChI is InChI=1S/C15H18N4/c1-3-16-14-9-13(18-10(2)19-14)12-7-6-11-5-4-8-17-15(11)12/h4-5,8-9,12H,3,6-7H2,1-2H3,(H,16,18,19). The Labute approximate surface area is 113 Å². The Morgan fingerprint density at radius 2 is 2.26 bits per heavy atom. The quantitative estimate of drug-likeness (QED) is 0.915. The molecule has 0 fully saturated rings. The number of hydrogen-bond acceptors (Lipinski definition) is 4. The molecule has 2 aromatic heterocycles. The van der Waals surface area contributed by atoms with Crippen molar-refractivity contribution in [2.24, 2.45) is 0 Å². The summed E-state index contributed by atoms with van der Waals surface area (Å²) < 4.78 is 0. The van der Waals surface area contributed by atoms with Crippen LogP contribution in [-0.4, -0.2) is 21.5 Å². The summed E-state index contributed by atoms with van der Waals surface area (Å²) in [4.78, 5) is 13.6. The summed E-state index contributed by atoms with van der Waals surface area (Å²) in [5.74, 6) is 2.04. The monoisotopic (exact) mass is 254 g/mol. The van der Waals surface area contributed by atoms with Crippen LogP contribution in [0.25, 0.3) is 0 Å². The fraction of sp³-hybridized carbons (Fsp3) is 0.400. The topological polar surface area (TPSA) is 50.7 Å². The molecule has 0 aromatic carbocycles. The molecule has 98 valence electrons. The van der Waals surface area contributed by atoms with Crippen LogP contribution in [0.15, 0.2) is 24.4 Å². The van der Waals surface area contributed by atoms with E-state index in [2.05, 4.69) is 39.3 Å². The Morgan fingerprint density at radius 1 is 1.37 bits per heavy atom. The molecule has 0 aliphatic heterocycles. The highest BCUT2D eigenvalue weighted by Gasteiger charge is 2.26. The third kappa shape index (κ3) is 2.30. The van der Waals surface area contributed by atoms with Crippen molar-refractivity contribution < 1.29 is 0 Å². The van der Waals surface area contributed by atoms with Crippen LogP contribution in [0.5, 0.6) is 0 Å². The molecule has 3 rings (SSSR count). The van der Waals surface area contributed by atoms with Crippen LogP contribution in [0, 0.1) is 6.92 Å². The molecule has 2 heterocycles. The van der Waals surface area contributed by atoms with Crippen LogP contribution in [0.4, 0.5) is 5.82 Å². The number of nitrogens with one attached hydrogen (secondary N) is 1. The number of nitrogens with zero attached hydrogens (tertiary/aromatic N) is 3. The van der Waals surface area contributed by atoms with Crippen LogP contribution >= 0.6 is 0 Å². The van der Waals surface area contributed by atoms with E-state index in [0.717, 1.165) is 36.7 Å². The van der Waals surface area contributed by atoms with E-state index in [1.807, 2.05) is 19.2 Å². The van der Waals surface area contributed by atoms with Gasteiger partial charge < -0.3 is 5.32 Å². The van der Waals surface area contributed by atoms with Crippen molar-refractivity contribution in [1.29, 1.82) is 0 Å². The van der Waals surface area contributed by atoms with E-state index in [1.165, 1.54) is 11.3 Å². The maximum Gasteiger partial charge on any atom is 0.129 e. The zero-order chi connectivity index (χ0) is 13.2. The molecule has 4 heteroatoms. The van der Waals surface area contributed by atoms with E-state index in [9.17, 15) is 0 Å². The molecule has 1 aliphatic carbocycles. The fourth-order valence-corrected chi connectivity index (χ4v) is 2.74. The Hall–Kier alpha value is -1.97. The van der Waals surface area contributed by atoms with Crippen molar-refractivity contribution in [2.75, 3.05) is 11.9 Å². The lowest BCUT2D eigenvalue weighted by molar-refractivity contribution is 0.736. The molecule has 2 aromatic rings. The van der Waals surface area contributed by atoms with Gasteiger partial charge >= 0.3 is 0 Å². The first-order chi connectivity index (χ1) is 9.28. The van der Waals surface area contributed by atoms with Gasteiger partial charge in [-0.3, -0.25) is 4.98 Å². The van der Waals surface area contributed by atoms with Gasteiger partial charge in [-0.2, -0.15) is 0 Å². The molecule has 1 atom stereocenters. The largest absolute Gasteiger partial charge is 0.370 e. The van der Waals surface area contributed by atoms with Gasteiger partial charge in [0.25, 0.3) is 0 Å². The highest BCUT2D eigenvalue weighted by molar-refractivity contribution is 5.41. The number of aryl methyl sites for hydroxylation is 2. The Morgan fingerprint density at radius 3 is 3.11 bits per heavy atom. The van der Waals surface area contributed by atoms with Gasteiger partial charge in [0, 0.05) is 24.7 Å². The smallest absolute Gasteiger partial charge is 0.129 e. The predicted molar refractivity (Wildman–Crippen MR) is 75.3 cm³/mol. The van der Waals surface area contributed by atoms with E-state index in [4.69, 9.17) is 0 Å². The number of pyridine rings is 1. The second-order valence-corrected chi connectivity index (χ2v) is 4.89. The van der Waals surface area contributed by atoms with E-state index < -0.39 is 0 Å². The first-order valence-corrected chi connectivity index (χ1v) is 6.81. The summed E-state index contributed by atoms with van der Waals surface area (Å²) in [7, 11) is 0. The molecular weight excluding hydrogens is 236 g/mol. The van der Waals surface area contributed by atoms with Gasteiger partial charge in [-0.25, -0.2) is 9.97 Å². The third-order valence-corrected chi connectivity index (χ3v) is 3.53. The molecule has 0 spiro atoms. The van der Waals surface area contributed by atoms with Crippen molar-refractivity contribution >= 4 is 5.82 Å². The molecule has 1 aliphatic rings. The summed E-state index contributed by atoms with van der Waals surface area (Å²) in [5, 5.41) is 3.26. The summed E-state index contributed by atoms with van der Waals surface area (Å²) in [5.41, 5.74) is 3.62.